The van der Waals surface area contributed by atoms with Crippen LogP contribution in [0.15, 0.2) is 121 Å². The molecule has 0 fully saturated rings. The van der Waals surface area contributed by atoms with E-state index in [1.807, 2.05) is 11.3 Å². The highest BCUT2D eigenvalue weighted by Crippen LogP contribution is 2.42. The van der Waals surface area contributed by atoms with Crippen molar-refractivity contribution in [1.82, 2.24) is 0 Å². The molecule has 0 bridgehead atoms. The third kappa shape index (κ3) is 3.26. The fraction of sp³-hybridized carbons (Fsp3) is 0. The maximum Gasteiger partial charge on any atom is 0.0590 e. The third-order valence-electron chi connectivity index (χ3n) is 5.89. The molecule has 0 atom stereocenters. The minimum Gasteiger partial charge on any atom is -0.354 e. The molecular formula is C30H21NS. The molecule has 0 aliphatic carbocycles. The van der Waals surface area contributed by atoms with E-state index in [4.69, 9.17) is 0 Å². The molecule has 6 aromatic rings. The van der Waals surface area contributed by atoms with Gasteiger partial charge in [-0.2, -0.15) is 0 Å². The molecule has 1 aromatic heterocycles. The van der Waals surface area contributed by atoms with Crippen molar-refractivity contribution in [2.45, 2.75) is 0 Å². The molecule has 2 heteroatoms. The van der Waals surface area contributed by atoms with Crippen molar-refractivity contribution in [1.29, 1.82) is 0 Å². The zero-order valence-electron chi connectivity index (χ0n) is 17.5. The van der Waals surface area contributed by atoms with Gasteiger partial charge in [0.05, 0.1) is 10.4 Å². The summed E-state index contributed by atoms with van der Waals surface area (Å²) in [5.41, 5.74) is 7.13. The summed E-state index contributed by atoms with van der Waals surface area (Å²) in [6.45, 7) is 0. The molecule has 0 saturated carbocycles. The molecule has 32 heavy (non-hydrogen) atoms. The van der Waals surface area contributed by atoms with E-state index in [0.29, 0.717) is 0 Å². The average molecular weight is 428 g/mol. The normalized spacial score (nSPS) is 11.1. The van der Waals surface area contributed by atoms with E-state index in [0.717, 1.165) is 11.4 Å². The van der Waals surface area contributed by atoms with Gasteiger partial charge in [0.1, 0.15) is 0 Å². The second-order valence-corrected chi connectivity index (χ2v) is 8.92. The highest BCUT2D eigenvalue weighted by Gasteiger charge is 2.14. The van der Waals surface area contributed by atoms with Gasteiger partial charge in [-0.1, -0.05) is 103 Å². The molecule has 0 saturated heterocycles. The summed E-state index contributed by atoms with van der Waals surface area (Å²) in [7, 11) is 0. The Morgan fingerprint density at radius 1 is 0.469 bits per heavy atom. The standard InChI is InChI=1S/C30H21NS/c1-3-11-21(12-4-1)23-16-9-18-26(29(23)22-13-5-2-6-14-22)31-27-19-10-17-25-24-15-7-8-20-28(24)32-30(25)27/h1-20,31H. The lowest BCUT2D eigenvalue weighted by Gasteiger charge is -2.17. The third-order valence-corrected chi connectivity index (χ3v) is 7.11. The number of rotatable bonds is 4. The fourth-order valence-electron chi connectivity index (χ4n) is 4.42. The lowest BCUT2D eigenvalue weighted by atomic mass is 9.93. The minimum atomic E-state index is 1.11. The van der Waals surface area contributed by atoms with E-state index < -0.39 is 0 Å². The average Bonchev–Trinajstić information content (AvgIpc) is 3.25. The largest absolute Gasteiger partial charge is 0.354 e. The molecule has 0 aliphatic heterocycles. The van der Waals surface area contributed by atoms with Gasteiger partial charge in [-0.15, -0.1) is 11.3 Å². The Morgan fingerprint density at radius 2 is 1.09 bits per heavy atom. The Kier molecular flexibility index (Phi) is 4.71. The van der Waals surface area contributed by atoms with Crippen LogP contribution in [-0.2, 0) is 0 Å². The van der Waals surface area contributed by atoms with Crippen LogP contribution in [0.2, 0.25) is 0 Å². The molecule has 1 heterocycles. The Labute approximate surface area is 191 Å². The molecule has 152 valence electrons. The first-order chi connectivity index (χ1) is 15.9. The lowest BCUT2D eigenvalue weighted by Crippen LogP contribution is -1.96. The van der Waals surface area contributed by atoms with Crippen LogP contribution >= 0.6 is 11.3 Å². The van der Waals surface area contributed by atoms with Crippen molar-refractivity contribution in [3.8, 4) is 22.3 Å². The van der Waals surface area contributed by atoms with Gasteiger partial charge in [0, 0.05) is 26.7 Å². The minimum absolute atomic E-state index is 1.11. The number of benzene rings is 5. The van der Waals surface area contributed by atoms with Gasteiger partial charge >= 0.3 is 0 Å². The summed E-state index contributed by atoms with van der Waals surface area (Å²) >= 11 is 1.85. The summed E-state index contributed by atoms with van der Waals surface area (Å²) in [6.07, 6.45) is 0. The molecule has 0 unspecified atom stereocenters. The van der Waals surface area contributed by atoms with Crippen molar-refractivity contribution in [3.63, 3.8) is 0 Å². The summed E-state index contributed by atoms with van der Waals surface area (Å²) in [4.78, 5) is 0. The van der Waals surface area contributed by atoms with Gasteiger partial charge in [-0.3, -0.25) is 0 Å². The summed E-state index contributed by atoms with van der Waals surface area (Å²) in [5.74, 6) is 0. The van der Waals surface area contributed by atoms with Gasteiger partial charge in [-0.25, -0.2) is 0 Å². The zero-order valence-corrected chi connectivity index (χ0v) is 18.3. The van der Waals surface area contributed by atoms with E-state index >= 15 is 0 Å². The van der Waals surface area contributed by atoms with Crippen LogP contribution in [0.1, 0.15) is 0 Å². The van der Waals surface area contributed by atoms with E-state index in [-0.39, 0.29) is 0 Å². The first-order valence-electron chi connectivity index (χ1n) is 10.8. The van der Waals surface area contributed by atoms with E-state index in [1.165, 1.54) is 42.4 Å². The Bertz CT molecular complexity index is 1530. The van der Waals surface area contributed by atoms with Gasteiger partial charge in [0.15, 0.2) is 0 Å². The molecule has 1 nitrogen and oxygen atoms in total. The highest BCUT2D eigenvalue weighted by molar-refractivity contribution is 7.26. The van der Waals surface area contributed by atoms with Crippen LogP contribution in [0.3, 0.4) is 0 Å². The Morgan fingerprint density at radius 3 is 1.91 bits per heavy atom. The highest BCUT2D eigenvalue weighted by atomic mass is 32.1. The summed E-state index contributed by atoms with van der Waals surface area (Å²) < 4.78 is 2.61. The number of nitrogens with one attached hydrogen (secondary N) is 1. The molecular weight excluding hydrogens is 406 g/mol. The topological polar surface area (TPSA) is 12.0 Å². The maximum absolute atomic E-state index is 3.80. The van der Waals surface area contributed by atoms with E-state index in [1.54, 1.807) is 0 Å². The van der Waals surface area contributed by atoms with Crippen LogP contribution < -0.4 is 5.32 Å². The molecule has 6 rings (SSSR count). The van der Waals surface area contributed by atoms with Gasteiger partial charge in [0.25, 0.3) is 0 Å². The van der Waals surface area contributed by atoms with E-state index in [2.05, 4.69) is 127 Å². The molecule has 0 radical (unpaired) electrons. The van der Waals surface area contributed by atoms with Crippen LogP contribution in [0, 0.1) is 0 Å². The number of thiophene rings is 1. The van der Waals surface area contributed by atoms with Crippen molar-refractivity contribution in [2.75, 3.05) is 5.32 Å². The van der Waals surface area contributed by atoms with Gasteiger partial charge < -0.3 is 5.32 Å². The van der Waals surface area contributed by atoms with Crippen LogP contribution in [-0.4, -0.2) is 0 Å². The smallest absolute Gasteiger partial charge is 0.0590 e. The second-order valence-electron chi connectivity index (χ2n) is 7.87. The SMILES string of the molecule is c1ccc(-c2cccc(Nc3cccc4c3sc3ccccc34)c2-c2ccccc2)cc1. The van der Waals surface area contributed by atoms with Gasteiger partial charge in [-0.05, 0) is 34.9 Å². The second kappa shape index (κ2) is 7.99. The number of hydrogen-bond donors (Lipinski definition) is 1. The lowest BCUT2D eigenvalue weighted by molar-refractivity contribution is 1.54. The fourth-order valence-corrected chi connectivity index (χ4v) is 5.59. The number of fused-ring (bicyclic) bond motifs is 3. The summed E-state index contributed by atoms with van der Waals surface area (Å²) in [6, 6.07) is 43.0. The first kappa shape index (κ1) is 18.9. The van der Waals surface area contributed by atoms with Crippen LogP contribution in [0.4, 0.5) is 11.4 Å². The monoisotopic (exact) mass is 427 g/mol. The summed E-state index contributed by atoms with van der Waals surface area (Å²) in [5, 5.41) is 6.41. The molecule has 0 aliphatic rings. The zero-order chi connectivity index (χ0) is 21.3. The predicted octanol–water partition coefficient (Wildman–Crippen LogP) is 9.13. The molecule has 0 amide bonds. The maximum atomic E-state index is 3.80. The Balaban J connectivity index is 1.56. The molecule has 5 aromatic carbocycles. The van der Waals surface area contributed by atoms with Crippen molar-refractivity contribution >= 4 is 42.9 Å². The van der Waals surface area contributed by atoms with Crippen molar-refractivity contribution in [2.24, 2.45) is 0 Å². The molecule has 0 spiro atoms. The van der Waals surface area contributed by atoms with Crippen LogP contribution in [0.25, 0.3) is 42.4 Å². The van der Waals surface area contributed by atoms with E-state index in [9.17, 15) is 0 Å². The Hall–Kier alpha value is -3.88. The van der Waals surface area contributed by atoms with Crippen molar-refractivity contribution in [3.05, 3.63) is 121 Å². The quantitative estimate of drug-likeness (QED) is 0.296. The van der Waals surface area contributed by atoms with Crippen LogP contribution in [0.5, 0.6) is 0 Å². The van der Waals surface area contributed by atoms with Crippen molar-refractivity contribution < 1.29 is 0 Å². The number of hydrogen-bond acceptors (Lipinski definition) is 2. The predicted molar refractivity (Wildman–Crippen MR) is 140 cm³/mol. The first-order valence-corrected chi connectivity index (χ1v) is 11.6. The van der Waals surface area contributed by atoms with Gasteiger partial charge in [0.2, 0.25) is 0 Å². The molecule has 1 N–H and O–H groups in total. The number of anilines is 2.